The van der Waals surface area contributed by atoms with E-state index in [1.165, 1.54) is 57.8 Å². The molecule has 0 heterocycles. The third-order valence-electron chi connectivity index (χ3n) is 3.69. The molecule has 0 aromatic heterocycles. The predicted molar refractivity (Wildman–Crippen MR) is 79.5 cm³/mol. The maximum atomic E-state index is 3.29. The lowest BCUT2D eigenvalue weighted by molar-refractivity contribution is 0.505. The molecule has 0 amide bonds. The van der Waals surface area contributed by atoms with Gasteiger partial charge in [0.25, 0.3) is 0 Å². The molecule has 0 saturated carbocycles. The minimum Gasteiger partial charge on any atom is -0.317 e. The van der Waals surface area contributed by atoms with Crippen LogP contribution in [0, 0.1) is 0 Å². The molecule has 0 spiro atoms. The van der Waals surface area contributed by atoms with Crippen molar-refractivity contribution in [2.45, 2.75) is 84.6 Å². The van der Waals surface area contributed by atoms with Gasteiger partial charge in [0.15, 0.2) is 0 Å². The lowest BCUT2D eigenvalue weighted by atomic mass is 10.0. The average Bonchev–Trinajstić information content (AvgIpc) is 2.35. The fourth-order valence-electron chi connectivity index (χ4n) is 2.03. The zero-order valence-corrected chi connectivity index (χ0v) is 12.5. The van der Waals surface area contributed by atoms with Crippen molar-refractivity contribution in [3.63, 3.8) is 0 Å². The van der Waals surface area contributed by atoms with Crippen LogP contribution in [0.1, 0.15) is 78.6 Å². The van der Waals surface area contributed by atoms with Crippen LogP contribution in [0.2, 0.25) is 0 Å². The minimum absolute atomic E-state index is 0.693. The summed E-state index contributed by atoms with van der Waals surface area (Å²) in [7, 11) is 2.05. The van der Waals surface area contributed by atoms with Gasteiger partial charge in [0.1, 0.15) is 0 Å². The largest absolute Gasteiger partial charge is 0.317 e. The van der Waals surface area contributed by atoms with E-state index in [-0.39, 0.29) is 0 Å². The van der Waals surface area contributed by atoms with Crippen molar-refractivity contribution in [1.82, 2.24) is 5.32 Å². The Balaban J connectivity index is 3.09. The van der Waals surface area contributed by atoms with E-state index >= 15 is 0 Å². The Morgan fingerprint density at radius 1 is 1.00 bits per heavy atom. The summed E-state index contributed by atoms with van der Waals surface area (Å²) in [5.41, 5.74) is 1.55. The van der Waals surface area contributed by atoms with E-state index in [1.54, 1.807) is 5.57 Å². The first-order valence-corrected chi connectivity index (χ1v) is 7.49. The van der Waals surface area contributed by atoms with Gasteiger partial charge < -0.3 is 5.32 Å². The molecular weight excluding hydrogens is 206 g/mol. The van der Waals surface area contributed by atoms with E-state index < -0.39 is 0 Å². The quantitative estimate of drug-likeness (QED) is 0.392. The van der Waals surface area contributed by atoms with Gasteiger partial charge in [0.05, 0.1) is 0 Å². The first-order valence-electron chi connectivity index (χ1n) is 7.49. The van der Waals surface area contributed by atoms with Gasteiger partial charge in [-0.25, -0.2) is 0 Å². The fraction of sp³-hybridized carbons (Fsp3) is 0.875. The highest BCUT2D eigenvalue weighted by Gasteiger charge is 1.97. The van der Waals surface area contributed by atoms with Crippen LogP contribution in [0.25, 0.3) is 0 Å². The van der Waals surface area contributed by atoms with Crippen LogP contribution in [-0.2, 0) is 0 Å². The second kappa shape index (κ2) is 12.2. The van der Waals surface area contributed by atoms with Crippen molar-refractivity contribution in [1.29, 1.82) is 0 Å². The van der Waals surface area contributed by atoms with E-state index in [0.717, 1.165) is 0 Å². The molecule has 0 rings (SSSR count). The Kier molecular flexibility index (Phi) is 12.0. The van der Waals surface area contributed by atoms with Crippen LogP contribution in [-0.4, -0.2) is 13.1 Å². The molecule has 1 unspecified atom stereocenters. The fourth-order valence-corrected chi connectivity index (χ4v) is 2.03. The highest BCUT2D eigenvalue weighted by atomic mass is 14.8. The molecule has 0 aromatic rings. The molecule has 0 aliphatic carbocycles. The van der Waals surface area contributed by atoms with Gasteiger partial charge in [0, 0.05) is 6.04 Å². The molecule has 1 N–H and O–H groups in total. The number of rotatable bonds is 11. The van der Waals surface area contributed by atoms with Crippen LogP contribution >= 0.6 is 0 Å². The van der Waals surface area contributed by atoms with Crippen molar-refractivity contribution in [2.24, 2.45) is 0 Å². The number of hydrogen-bond donors (Lipinski definition) is 1. The van der Waals surface area contributed by atoms with Crippen LogP contribution in [0.5, 0.6) is 0 Å². The molecule has 1 nitrogen and oxygen atoms in total. The van der Waals surface area contributed by atoms with Gasteiger partial charge in [-0.3, -0.25) is 0 Å². The SMILES string of the molecule is CC=C(C)CCCCCCCCCC(C)NC. The Morgan fingerprint density at radius 2 is 1.53 bits per heavy atom. The highest BCUT2D eigenvalue weighted by Crippen LogP contribution is 2.12. The zero-order chi connectivity index (χ0) is 12.9. The first-order chi connectivity index (χ1) is 8.20. The molecule has 17 heavy (non-hydrogen) atoms. The van der Waals surface area contributed by atoms with Crippen molar-refractivity contribution >= 4 is 0 Å². The topological polar surface area (TPSA) is 12.0 Å². The van der Waals surface area contributed by atoms with Gasteiger partial charge in [-0.1, -0.05) is 50.2 Å². The molecule has 0 aromatic carbocycles. The van der Waals surface area contributed by atoms with Crippen molar-refractivity contribution < 1.29 is 0 Å². The molecule has 102 valence electrons. The van der Waals surface area contributed by atoms with E-state index in [1.807, 2.05) is 0 Å². The summed E-state index contributed by atoms with van der Waals surface area (Å²) in [6, 6.07) is 0.693. The first kappa shape index (κ1) is 16.7. The third-order valence-corrected chi connectivity index (χ3v) is 3.69. The molecule has 0 bridgehead atoms. The smallest absolute Gasteiger partial charge is 0.00357 e. The monoisotopic (exact) mass is 239 g/mol. The van der Waals surface area contributed by atoms with Crippen LogP contribution in [0.4, 0.5) is 0 Å². The summed E-state index contributed by atoms with van der Waals surface area (Å²) < 4.78 is 0. The molecule has 0 aliphatic rings. The second-order valence-electron chi connectivity index (χ2n) is 5.34. The number of hydrogen-bond acceptors (Lipinski definition) is 1. The van der Waals surface area contributed by atoms with E-state index in [9.17, 15) is 0 Å². The second-order valence-corrected chi connectivity index (χ2v) is 5.34. The Labute approximate surface area is 109 Å². The van der Waals surface area contributed by atoms with E-state index in [0.29, 0.717) is 6.04 Å². The lowest BCUT2D eigenvalue weighted by Crippen LogP contribution is -2.20. The van der Waals surface area contributed by atoms with Gasteiger partial charge in [0.2, 0.25) is 0 Å². The van der Waals surface area contributed by atoms with Crippen molar-refractivity contribution in [3.8, 4) is 0 Å². The highest BCUT2D eigenvalue weighted by molar-refractivity contribution is 4.94. The van der Waals surface area contributed by atoms with Gasteiger partial charge in [-0.15, -0.1) is 0 Å². The molecule has 0 radical (unpaired) electrons. The summed E-state index contributed by atoms with van der Waals surface area (Å²) >= 11 is 0. The Morgan fingerprint density at radius 3 is 2.06 bits per heavy atom. The number of nitrogens with one attached hydrogen (secondary N) is 1. The molecule has 1 atom stereocenters. The molecule has 0 saturated heterocycles. The van der Waals surface area contributed by atoms with E-state index in [2.05, 4.69) is 39.2 Å². The summed E-state index contributed by atoms with van der Waals surface area (Å²) in [5, 5.41) is 3.29. The number of allylic oxidation sites excluding steroid dienone is 2. The molecule has 0 fully saturated rings. The van der Waals surface area contributed by atoms with Crippen LogP contribution < -0.4 is 5.32 Å². The Hall–Kier alpha value is -0.300. The maximum absolute atomic E-state index is 3.29. The van der Waals surface area contributed by atoms with Crippen LogP contribution in [0.3, 0.4) is 0 Å². The summed E-state index contributed by atoms with van der Waals surface area (Å²) in [4.78, 5) is 0. The number of unbranched alkanes of at least 4 members (excludes halogenated alkanes) is 6. The van der Waals surface area contributed by atoms with E-state index in [4.69, 9.17) is 0 Å². The Bertz CT molecular complexity index is 184. The van der Waals surface area contributed by atoms with Crippen molar-refractivity contribution in [3.05, 3.63) is 11.6 Å². The van der Waals surface area contributed by atoms with Gasteiger partial charge in [-0.05, 0) is 47.1 Å². The standard InChI is InChI=1S/C16H33N/c1-5-15(2)13-11-9-7-6-8-10-12-14-16(3)17-4/h5,16-17H,6-14H2,1-4H3. The average molecular weight is 239 g/mol. The summed E-state index contributed by atoms with van der Waals surface area (Å²) in [6.45, 7) is 6.65. The summed E-state index contributed by atoms with van der Waals surface area (Å²) in [6.07, 6.45) is 14.8. The van der Waals surface area contributed by atoms with Crippen molar-refractivity contribution in [2.75, 3.05) is 7.05 Å². The predicted octanol–water partition coefficient (Wildman–Crippen LogP) is 5.07. The van der Waals surface area contributed by atoms with Gasteiger partial charge in [-0.2, -0.15) is 0 Å². The maximum Gasteiger partial charge on any atom is 0.00357 e. The third kappa shape index (κ3) is 12.0. The molecule has 1 heteroatoms. The molecular formula is C16H33N. The van der Waals surface area contributed by atoms with Gasteiger partial charge >= 0.3 is 0 Å². The molecule has 0 aliphatic heterocycles. The zero-order valence-electron chi connectivity index (χ0n) is 12.5. The lowest BCUT2D eigenvalue weighted by Gasteiger charge is -2.09. The minimum atomic E-state index is 0.693. The van der Waals surface area contributed by atoms with Crippen LogP contribution in [0.15, 0.2) is 11.6 Å². The summed E-state index contributed by atoms with van der Waals surface area (Å²) in [5.74, 6) is 0. The normalized spacial score (nSPS) is 14.0.